The average molecular weight is 290 g/mol. The second-order valence-corrected chi connectivity index (χ2v) is 6.24. The number of carbonyl (C=O) groups excluding carboxylic acids is 1. The van der Waals surface area contributed by atoms with Crippen molar-refractivity contribution in [1.82, 2.24) is 5.32 Å². The predicted molar refractivity (Wildman–Crippen MR) is 69.5 cm³/mol. The van der Waals surface area contributed by atoms with Crippen LogP contribution < -0.4 is 5.32 Å². The van der Waals surface area contributed by atoms with E-state index in [1.807, 2.05) is 0 Å². The number of nitrogens with zero attached hydrogens (tertiary/aromatic N) is 3. The number of rotatable bonds is 2. The fourth-order valence-corrected chi connectivity index (χ4v) is 2.32. The molecule has 20 heavy (non-hydrogen) atoms. The standard InChI is InChI=1S/C12H20F2N4O2/c1-10(2,3)20-9(19)16-8-11(4,17-18-15)6-5-7-12(8,13)14/h8H,5-7H2,1-4H3,(H,16,19)/t8-,11+/m1/s1. The first kappa shape index (κ1) is 16.5. The molecule has 0 spiro atoms. The minimum Gasteiger partial charge on any atom is -0.444 e. The van der Waals surface area contributed by atoms with E-state index in [1.165, 1.54) is 6.92 Å². The molecular weight excluding hydrogens is 270 g/mol. The summed E-state index contributed by atoms with van der Waals surface area (Å²) in [6, 6.07) is -1.57. The van der Waals surface area contributed by atoms with Crippen molar-refractivity contribution < 1.29 is 18.3 Å². The van der Waals surface area contributed by atoms with Crippen molar-refractivity contribution in [3.05, 3.63) is 10.4 Å². The molecule has 0 saturated heterocycles. The largest absolute Gasteiger partial charge is 0.444 e. The van der Waals surface area contributed by atoms with E-state index in [0.29, 0.717) is 0 Å². The molecule has 1 N–H and O–H groups in total. The van der Waals surface area contributed by atoms with Crippen LogP contribution in [0.1, 0.15) is 47.0 Å². The fourth-order valence-electron chi connectivity index (χ4n) is 2.32. The Bertz CT molecular complexity index is 430. The highest BCUT2D eigenvalue weighted by molar-refractivity contribution is 5.68. The lowest BCUT2D eigenvalue weighted by atomic mass is 9.77. The second kappa shape index (κ2) is 5.44. The lowest BCUT2D eigenvalue weighted by Crippen LogP contribution is -2.62. The van der Waals surface area contributed by atoms with Gasteiger partial charge in [0.1, 0.15) is 11.6 Å². The van der Waals surface area contributed by atoms with E-state index in [1.54, 1.807) is 20.8 Å². The van der Waals surface area contributed by atoms with Crippen LogP contribution >= 0.6 is 0 Å². The fraction of sp³-hybridized carbons (Fsp3) is 0.917. The van der Waals surface area contributed by atoms with E-state index >= 15 is 0 Å². The van der Waals surface area contributed by atoms with E-state index in [2.05, 4.69) is 15.3 Å². The Balaban J connectivity index is 2.95. The summed E-state index contributed by atoms with van der Waals surface area (Å²) in [7, 11) is 0. The van der Waals surface area contributed by atoms with Gasteiger partial charge in [0.25, 0.3) is 5.92 Å². The van der Waals surface area contributed by atoms with E-state index in [-0.39, 0.29) is 19.3 Å². The Morgan fingerprint density at radius 3 is 2.55 bits per heavy atom. The number of hydrogen-bond acceptors (Lipinski definition) is 3. The third-order valence-electron chi connectivity index (χ3n) is 3.17. The summed E-state index contributed by atoms with van der Waals surface area (Å²) in [4.78, 5) is 14.3. The first-order chi connectivity index (χ1) is 9.00. The van der Waals surface area contributed by atoms with Crippen molar-refractivity contribution in [2.75, 3.05) is 0 Å². The quantitative estimate of drug-likeness (QED) is 0.476. The van der Waals surface area contributed by atoms with E-state index in [0.717, 1.165) is 0 Å². The van der Waals surface area contributed by atoms with Crippen molar-refractivity contribution in [3.8, 4) is 0 Å². The lowest BCUT2D eigenvalue weighted by molar-refractivity contribution is -0.0889. The van der Waals surface area contributed by atoms with Crippen LogP contribution in [0.5, 0.6) is 0 Å². The molecule has 0 aromatic rings. The number of alkyl halides is 2. The van der Waals surface area contributed by atoms with Crippen LogP contribution in [0.4, 0.5) is 13.6 Å². The molecule has 0 aromatic heterocycles. The Kier molecular flexibility index (Phi) is 4.49. The molecule has 0 bridgehead atoms. The minimum absolute atomic E-state index is 0.231. The highest BCUT2D eigenvalue weighted by atomic mass is 19.3. The van der Waals surface area contributed by atoms with Crippen LogP contribution in [0.15, 0.2) is 5.11 Å². The Hall–Kier alpha value is -1.56. The number of amides is 1. The van der Waals surface area contributed by atoms with Gasteiger partial charge in [-0.25, -0.2) is 13.6 Å². The average Bonchev–Trinajstić information content (AvgIpc) is 2.21. The van der Waals surface area contributed by atoms with Gasteiger partial charge < -0.3 is 10.1 Å². The highest BCUT2D eigenvalue weighted by Gasteiger charge is 2.54. The molecule has 1 aliphatic rings. The molecule has 1 amide bonds. The van der Waals surface area contributed by atoms with Gasteiger partial charge in [-0.2, -0.15) is 0 Å². The third-order valence-corrected chi connectivity index (χ3v) is 3.17. The summed E-state index contributed by atoms with van der Waals surface area (Å²) in [6.45, 7) is 6.33. The van der Waals surface area contributed by atoms with Crippen molar-refractivity contribution in [1.29, 1.82) is 0 Å². The van der Waals surface area contributed by atoms with Crippen LogP contribution in [0, 0.1) is 0 Å². The zero-order valence-electron chi connectivity index (χ0n) is 12.1. The summed E-state index contributed by atoms with van der Waals surface area (Å²) in [5, 5.41) is 5.64. The van der Waals surface area contributed by atoms with Crippen molar-refractivity contribution in [2.24, 2.45) is 5.11 Å². The zero-order valence-corrected chi connectivity index (χ0v) is 12.1. The predicted octanol–water partition coefficient (Wildman–Crippen LogP) is 3.77. The van der Waals surface area contributed by atoms with Crippen molar-refractivity contribution >= 4 is 6.09 Å². The summed E-state index contributed by atoms with van der Waals surface area (Å²) >= 11 is 0. The third kappa shape index (κ3) is 3.96. The Morgan fingerprint density at radius 2 is 2.05 bits per heavy atom. The summed E-state index contributed by atoms with van der Waals surface area (Å²) in [6.07, 6.45) is -0.782. The van der Waals surface area contributed by atoms with Gasteiger partial charge in [-0.1, -0.05) is 12.0 Å². The van der Waals surface area contributed by atoms with E-state index in [9.17, 15) is 13.6 Å². The number of azide groups is 1. The van der Waals surface area contributed by atoms with Gasteiger partial charge in [-0.15, -0.1) is 0 Å². The van der Waals surface area contributed by atoms with Crippen LogP contribution in [-0.2, 0) is 4.74 Å². The number of ether oxygens (including phenoxy) is 1. The molecule has 114 valence electrons. The molecule has 8 heteroatoms. The molecule has 2 atom stereocenters. The van der Waals surface area contributed by atoms with Crippen molar-refractivity contribution in [3.63, 3.8) is 0 Å². The molecule has 0 aliphatic heterocycles. The summed E-state index contributed by atoms with van der Waals surface area (Å²) in [5.74, 6) is -3.14. The van der Waals surface area contributed by atoms with E-state index < -0.39 is 29.2 Å². The van der Waals surface area contributed by atoms with Gasteiger partial charge in [-0.3, -0.25) is 0 Å². The molecule has 0 unspecified atom stereocenters. The van der Waals surface area contributed by atoms with Gasteiger partial charge in [0, 0.05) is 11.3 Å². The molecule has 1 aliphatic carbocycles. The van der Waals surface area contributed by atoms with Crippen LogP contribution in [0.2, 0.25) is 0 Å². The monoisotopic (exact) mass is 290 g/mol. The lowest BCUT2D eigenvalue weighted by Gasteiger charge is -2.43. The van der Waals surface area contributed by atoms with Crippen LogP contribution in [-0.4, -0.2) is 29.2 Å². The maximum absolute atomic E-state index is 14.0. The smallest absolute Gasteiger partial charge is 0.408 e. The second-order valence-electron chi connectivity index (χ2n) is 6.24. The Labute approximate surface area is 116 Å². The highest BCUT2D eigenvalue weighted by Crippen LogP contribution is 2.41. The van der Waals surface area contributed by atoms with Crippen LogP contribution in [0.25, 0.3) is 10.4 Å². The number of nitrogens with one attached hydrogen (secondary N) is 1. The molecule has 1 fully saturated rings. The molecule has 0 aromatic carbocycles. The van der Waals surface area contributed by atoms with Crippen molar-refractivity contribution in [2.45, 2.75) is 70.1 Å². The van der Waals surface area contributed by atoms with Gasteiger partial charge >= 0.3 is 6.09 Å². The molecule has 0 radical (unpaired) electrons. The van der Waals surface area contributed by atoms with Gasteiger partial charge in [0.2, 0.25) is 0 Å². The maximum atomic E-state index is 14.0. The van der Waals surface area contributed by atoms with Gasteiger partial charge in [0.15, 0.2) is 0 Å². The molecule has 0 heterocycles. The van der Waals surface area contributed by atoms with Crippen LogP contribution in [0.3, 0.4) is 0 Å². The maximum Gasteiger partial charge on any atom is 0.408 e. The number of alkyl carbamates (subject to hydrolysis) is 1. The first-order valence-electron chi connectivity index (χ1n) is 6.44. The van der Waals surface area contributed by atoms with Gasteiger partial charge in [-0.05, 0) is 39.1 Å². The molecular formula is C12H20F2N4O2. The molecule has 6 nitrogen and oxygen atoms in total. The topological polar surface area (TPSA) is 87.1 Å². The summed E-state index contributed by atoms with van der Waals surface area (Å²) in [5.41, 5.74) is 6.41. The summed E-state index contributed by atoms with van der Waals surface area (Å²) < 4.78 is 33.0. The Morgan fingerprint density at radius 1 is 1.45 bits per heavy atom. The first-order valence-corrected chi connectivity index (χ1v) is 6.44. The molecule has 1 saturated carbocycles. The van der Waals surface area contributed by atoms with Gasteiger partial charge in [0.05, 0.1) is 5.54 Å². The molecule has 1 rings (SSSR count). The zero-order chi connectivity index (χ0) is 15.6. The van der Waals surface area contributed by atoms with E-state index in [4.69, 9.17) is 10.3 Å². The number of carbonyl (C=O) groups is 1. The number of halogens is 2. The SMILES string of the molecule is CC(C)(C)OC(=O)N[C@H]1C(F)(F)CCC[C@]1(C)N=[N+]=[N-]. The minimum atomic E-state index is -3.14. The number of hydrogen-bond donors (Lipinski definition) is 1. The normalized spacial score (nSPS) is 29.2.